The lowest BCUT2D eigenvalue weighted by atomic mass is 10.3. The molecule has 0 aromatic rings. The number of hydrogen-bond acceptors (Lipinski definition) is 4. The summed E-state index contributed by atoms with van der Waals surface area (Å²) in [7, 11) is 0. The predicted molar refractivity (Wildman–Crippen MR) is 23.4 cm³/mol. The third-order valence-corrected chi connectivity index (χ3v) is 0.556. The van der Waals surface area contributed by atoms with Gasteiger partial charge in [0.05, 0.1) is 5.97 Å². The van der Waals surface area contributed by atoms with E-state index in [0.29, 0.717) is 0 Å². The van der Waals surface area contributed by atoms with Crippen molar-refractivity contribution in [2.45, 2.75) is 6.92 Å². The summed E-state index contributed by atoms with van der Waals surface area (Å²) in [5, 5.41) is 16.0. The van der Waals surface area contributed by atoms with Crippen LogP contribution >= 0.6 is 0 Å². The van der Waals surface area contributed by atoms with E-state index in [2.05, 4.69) is 0 Å². The van der Waals surface area contributed by atoms with E-state index in [4.69, 9.17) is 5.41 Å². The summed E-state index contributed by atoms with van der Waals surface area (Å²) in [6.45, 7) is 0.998. The highest BCUT2D eigenvalue weighted by Crippen LogP contribution is 1.70. The number of carbonyl (C=O) groups excluding carboxylic acids is 2. The molecule has 0 spiro atoms. The fraction of sp³-hybridized carbons (Fsp3) is 0.250. The second-order valence-corrected chi connectivity index (χ2v) is 1.22. The summed E-state index contributed by atoms with van der Waals surface area (Å²) in [6, 6.07) is 0. The van der Waals surface area contributed by atoms with Crippen molar-refractivity contribution in [3.63, 3.8) is 0 Å². The van der Waals surface area contributed by atoms with Gasteiger partial charge in [-0.2, -0.15) is 0 Å². The van der Waals surface area contributed by atoms with E-state index in [0.717, 1.165) is 6.92 Å². The molecule has 0 unspecified atom stereocenters. The smallest absolute Gasteiger partial charge is 0.179 e. The Morgan fingerprint density at radius 1 is 1.50 bits per heavy atom. The first-order valence-corrected chi connectivity index (χ1v) is 1.86. The van der Waals surface area contributed by atoms with Crippen molar-refractivity contribution in [1.82, 2.24) is 0 Å². The molecular formula is C4H4NO3-. The van der Waals surface area contributed by atoms with Gasteiger partial charge in [-0.3, -0.25) is 10.2 Å². The standard InChI is InChI=1S/C4H5NO3/c1-2(6)3(5)4(7)8/h5H,1H3,(H,7,8)/p-1. The van der Waals surface area contributed by atoms with E-state index in [1.165, 1.54) is 0 Å². The van der Waals surface area contributed by atoms with Gasteiger partial charge in [0.2, 0.25) is 0 Å². The van der Waals surface area contributed by atoms with Crippen LogP contribution in [0.1, 0.15) is 6.92 Å². The van der Waals surface area contributed by atoms with Crippen LogP contribution in [0.5, 0.6) is 0 Å². The van der Waals surface area contributed by atoms with Crippen molar-refractivity contribution < 1.29 is 14.7 Å². The van der Waals surface area contributed by atoms with E-state index in [9.17, 15) is 14.7 Å². The fourth-order valence-corrected chi connectivity index (χ4v) is 0.144. The van der Waals surface area contributed by atoms with Crippen LogP contribution in [-0.2, 0) is 9.59 Å². The molecule has 0 aromatic heterocycles. The monoisotopic (exact) mass is 114 g/mol. The first kappa shape index (κ1) is 6.81. The molecule has 0 aliphatic heterocycles. The number of aliphatic carboxylic acids is 1. The third-order valence-electron chi connectivity index (χ3n) is 0.556. The summed E-state index contributed by atoms with van der Waals surface area (Å²) in [4.78, 5) is 19.5. The predicted octanol–water partition coefficient (Wildman–Crippen LogP) is -1.65. The Morgan fingerprint density at radius 3 is 1.88 bits per heavy atom. The summed E-state index contributed by atoms with van der Waals surface area (Å²) < 4.78 is 0. The molecule has 0 bridgehead atoms. The molecule has 4 heteroatoms. The summed E-state index contributed by atoms with van der Waals surface area (Å²) in [5.41, 5.74) is -0.981. The molecule has 0 atom stereocenters. The minimum absolute atomic E-state index is 0.787. The quantitative estimate of drug-likeness (QED) is 0.344. The van der Waals surface area contributed by atoms with Crippen molar-refractivity contribution in [1.29, 1.82) is 5.41 Å². The molecular weight excluding hydrogens is 110 g/mol. The number of Topliss-reactive ketones (excluding diaryl/α,β-unsaturated/α-hetero) is 1. The third kappa shape index (κ3) is 1.51. The number of carboxylic acids is 1. The van der Waals surface area contributed by atoms with Crippen LogP contribution in [0.25, 0.3) is 0 Å². The van der Waals surface area contributed by atoms with E-state index >= 15 is 0 Å². The van der Waals surface area contributed by atoms with E-state index in [-0.39, 0.29) is 0 Å². The minimum atomic E-state index is -1.72. The normalized spacial score (nSPS) is 8.12. The van der Waals surface area contributed by atoms with Gasteiger partial charge in [-0.25, -0.2) is 0 Å². The molecule has 0 heterocycles. The summed E-state index contributed by atoms with van der Waals surface area (Å²) >= 11 is 0. The highest BCUT2D eigenvalue weighted by Gasteiger charge is 2.00. The van der Waals surface area contributed by atoms with Gasteiger partial charge >= 0.3 is 0 Å². The van der Waals surface area contributed by atoms with Crippen LogP contribution in [-0.4, -0.2) is 17.5 Å². The lowest BCUT2D eigenvalue weighted by Gasteiger charge is -1.95. The number of carboxylic acid groups (broad SMARTS) is 1. The zero-order valence-corrected chi connectivity index (χ0v) is 4.22. The molecule has 44 valence electrons. The van der Waals surface area contributed by atoms with E-state index in [1.807, 2.05) is 0 Å². The van der Waals surface area contributed by atoms with Crippen LogP contribution < -0.4 is 5.11 Å². The maximum atomic E-state index is 9.94. The van der Waals surface area contributed by atoms with Crippen LogP contribution in [0.2, 0.25) is 0 Å². The molecule has 1 N–H and O–H groups in total. The second-order valence-electron chi connectivity index (χ2n) is 1.22. The van der Waals surface area contributed by atoms with Gasteiger partial charge in [-0.1, -0.05) is 0 Å². The van der Waals surface area contributed by atoms with Crippen molar-refractivity contribution in [3.8, 4) is 0 Å². The Balaban J connectivity index is 4.05. The zero-order chi connectivity index (χ0) is 6.73. The van der Waals surface area contributed by atoms with Crippen LogP contribution in [0.15, 0.2) is 0 Å². The molecule has 0 amide bonds. The Bertz CT molecular complexity index is 133. The summed E-state index contributed by atoms with van der Waals surface area (Å²) in [5.74, 6) is -2.51. The number of nitrogens with one attached hydrogen (secondary N) is 1. The average molecular weight is 114 g/mol. The molecule has 0 fully saturated rings. The van der Waals surface area contributed by atoms with Crippen LogP contribution in [0, 0.1) is 5.41 Å². The molecule has 0 aliphatic rings. The van der Waals surface area contributed by atoms with Crippen molar-refractivity contribution in [2.24, 2.45) is 0 Å². The van der Waals surface area contributed by atoms with E-state index < -0.39 is 17.5 Å². The first-order chi connectivity index (χ1) is 3.55. The molecule has 0 saturated heterocycles. The lowest BCUT2D eigenvalue weighted by Crippen LogP contribution is -2.34. The highest BCUT2D eigenvalue weighted by atomic mass is 16.4. The molecule has 0 aromatic carbocycles. The van der Waals surface area contributed by atoms with Gasteiger partial charge in [0.15, 0.2) is 5.78 Å². The second kappa shape index (κ2) is 2.20. The maximum absolute atomic E-state index is 9.94. The Labute approximate surface area is 45.6 Å². The topological polar surface area (TPSA) is 81.0 Å². The zero-order valence-electron chi connectivity index (χ0n) is 4.22. The fourth-order valence-electron chi connectivity index (χ4n) is 0.144. The lowest BCUT2D eigenvalue weighted by molar-refractivity contribution is -0.294. The van der Waals surface area contributed by atoms with Gasteiger partial charge in [0.25, 0.3) is 0 Å². The minimum Gasteiger partial charge on any atom is -0.543 e. The molecule has 0 rings (SSSR count). The Hall–Kier alpha value is -1.19. The van der Waals surface area contributed by atoms with Crippen molar-refractivity contribution in [2.75, 3.05) is 0 Å². The average Bonchev–Trinajstić information content (AvgIpc) is 1.64. The SMILES string of the molecule is CC(=O)C(=N)C(=O)[O-]. The van der Waals surface area contributed by atoms with Gasteiger partial charge in [0, 0.05) is 6.92 Å². The molecule has 0 aliphatic carbocycles. The van der Waals surface area contributed by atoms with Gasteiger partial charge in [0.1, 0.15) is 5.71 Å². The first-order valence-electron chi connectivity index (χ1n) is 1.86. The molecule has 0 radical (unpaired) electrons. The number of hydrogen-bond donors (Lipinski definition) is 1. The highest BCUT2D eigenvalue weighted by molar-refractivity contribution is 6.61. The number of ketones is 1. The largest absolute Gasteiger partial charge is 0.543 e. The number of rotatable bonds is 2. The van der Waals surface area contributed by atoms with Crippen LogP contribution in [0.3, 0.4) is 0 Å². The van der Waals surface area contributed by atoms with Gasteiger partial charge in [-0.05, 0) is 0 Å². The molecule has 4 nitrogen and oxygen atoms in total. The molecule has 8 heavy (non-hydrogen) atoms. The molecule has 0 saturated carbocycles. The van der Waals surface area contributed by atoms with Crippen molar-refractivity contribution in [3.05, 3.63) is 0 Å². The number of carbonyl (C=O) groups is 2. The van der Waals surface area contributed by atoms with Crippen molar-refractivity contribution >= 4 is 17.5 Å². The Kier molecular flexibility index (Phi) is 1.88. The maximum Gasteiger partial charge on any atom is 0.179 e. The van der Waals surface area contributed by atoms with Gasteiger partial charge < -0.3 is 9.90 Å². The van der Waals surface area contributed by atoms with E-state index in [1.54, 1.807) is 0 Å². The summed E-state index contributed by atoms with van der Waals surface area (Å²) in [6.07, 6.45) is 0. The van der Waals surface area contributed by atoms with Crippen LogP contribution in [0.4, 0.5) is 0 Å². The van der Waals surface area contributed by atoms with Gasteiger partial charge in [-0.15, -0.1) is 0 Å². The Morgan fingerprint density at radius 2 is 1.88 bits per heavy atom.